The molecule has 2 aromatic heterocycles. The van der Waals surface area contributed by atoms with Crippen LogP contribution in [0.15, 0.2) is 53.7 Å². The summed E-state index contributed by atoms with van der Waals surface area (Å²) in [5, 5.41) is 7.81. The molecule has 0 saturated carbocycles. The normalized spacial score (nSPS) is 10.8. The van der Waals surface area contributed by atoms with E-state index >= 15 is 0 Å². The fourth-order valence-electron chi connectivity index (χ4n) is 1.79. The Labute approximate surface area is 115 Å². The van der Waals surface area contributed by atoms with Crippen LogP contribution in [0.5, 0.6) is 5.75 Å². The number of rotatable bonds is 4. The Hall–Kier alpha value is -2.01. The molecule has 0 spiro atoms. The monoisotopic (exact) mass is 271 g/mol. The van der Waals surface area contributed by atoms with Crippen LogP contribution in [0.25, 0.3) is 5.52 Å². The zero-order valence-corrected chi connectivity index (χ0v) is 11.3. The van der Waals surface area contributed by atoms with E-state index < -0.39 is 0 Å². The number of benzene rings is 1. The van der Waals surface area contributed by atoms with Crippen molar-refractivity contribution in [2.24, 2.45) is 0 Å². The molecule has 2 heterocycles. The standard InChI is InChI=1S/C14H13N3OS/c1-18-13-4-2-11(3-5-13)10-19-14-6-7-17-12(8-14)9-15-16-17/h2-9H,10H2,1H3. The molecule has 0 atom stereocenters. The van der Waals surface area contributed by atoms with Gasteiger partial charge in [-0.1, -0.05) is 17.3 Å². The van der Waals surface area contributed by atoms with Crippen LogP contribution in [0.1, 0.15) is 5.56 Å². The molecule has 0 bridgehead atoms. The number of hydrogen-bond acceptors (Lipinski definition) is 4. The van der Waals surface area contributed by atoms with Crippen LogP contribution in [-0.2, 0) is 5.75 Å². The number of hydrogen-bond donors (Lipinski definition) is 0. The Morgan fingerprint density at radius 2 is 2.05 bits per heavy atom. The van der Waals surface area contributed by atoms with E-state index in [4.69, 9.17) is 4.74 Å². The summed E-state index contributed by atoms with van der Waals surface area (Å²) in [5.41, 5.74) is 2.29. The number of nitrogens with zero attached hydrogens (tertiary/aromatic N) is 3. The van der Waals surface area contributed by atoms with Crippen LogP contribution >= 0.6 is 11.8 Å². The summed E-state index contributed by atoms with van der Waals surface area (Å²) < 4.78 is 6.91. The Bertz CT molecular complexity index is 678. The predicted molar refractivity (Wildman–Crippen MR) is 75.5 cm³/mol. The van der Waals surface area contributed by atoms with Gasteiger partial charge in [-0.05, 0) is 29.8 Å². The second-order valence-corrected chi connectivity index (χ2v) is 5.15. The summed E-state index contributed by atoms with van der Waals surface area (Å²) in [7, 11) is 1.68. The van der Waals surface area contributed by atoms with Crippen molar-refractivity contribution in [2.45, 2.75) is 10.6 Å². The van der Waals surface area contributed by atoms with Crippen LogP contribution in [0, 0.1) is 0 Å². The van der Waals surface area contributed by atoms with Gasteiger partial charge >= 0.3 is 0 Å². The van der Waals surface area contributed by atoms with E-state index in [0.29, 0.717) is 0 Å². The van der Waals surface area contributed by atoms with Gasteiger partial charge in [0.1, 0.15) is 5.75 Å². The van der Waals surface area contributed by atoms with E-state index in [2.05, 4.69) is 34.6 Å². The maximum Gasteiger partial charge on any atom is 0.118 e. The lowest BCUT2D eigenvalue weighted by Crippen LogP contribution is -1.87. The molecule has 0 N–H and O–H groups in total. The highest BCUT2D eigenvalue weighted by molar-refractivity contribution is 7.98. The molecule has 0 unspecified atom stereocenters. The van der Waals surface area contributed by atoms with Gasteiger partial charge in [-0.25, -0.2) is 4.52 Å². The van der Waals surface area contributed by atoms with Crippen LogP contribution in [0.2, 0.25) is 0 Å². The van der Waals surface area contributed by atoms with Gasteiger partial charge in [0.05, 0.1) is 18.8 Å². The Morgan fingerprint density at radius 1 is 1.21 bits per heavy atom. The molecule has 3 aromatic rings. The third-order valence-corrected chi connectivity index (χ3v) is 3.90. The van der Waals surface area contributed by atoms with E-state index in [1.165, 1.54) is 10.5 Å². The first-order valence-electron chi connectivity index (χ1n) is 5.91. The lowest BCUT2D eigenvalue weighted by molar-refractivity contribution is 0.414. The van der Waals surface area contributed by atoms with Crippen LogP contribution in [-0.4, -0.2) is 21.9 Å². The average molecular weight is 271 g/mol. The second kappa shape index (κ2) is 5.32. The zero-order valence-electron chi connectivity index (χ0n) is 10.5. The minimum atomic E-state index is 0.889. The third-order valence-electron chi connectivity index (χ3n) is 2.84. The van der Waals surface area contributed by atoms with Crippen LogP contribution in [0.4, 0.5) is 0 Å². The van der Waals surface area contributed by atoms with Crippen LogP contribution < -0.4 is 4.74 Å². The minimum Gasteiger partial charge on any atom is -0.497 e. The molecule has 0 radical (unpaired) electrons. The van der Waals surface area contributed by atoms with Gasteiger partial charge in [-0.3, -0.25) is 0 Å². The molecule has 4 nitrogen and oxygen atoms in total. The van der Waals surface area contributed by atoms with E-state index in [-0.39, 0.29) is 0 Å². The van der Waals surface area contributed by atoms with Crippen molar-refractivity contribution in [1.82, 2.24) is 14.8 Å². The van der Waals surface area contributed by atoms with E-state index in [0.717, 1.165) is 17.0 Å². The molecule has 0 aliphatic carbocycles. The molecular formula is C14H13N3OS. The third kappa shape index (κ3) is 2.71. The van der Waals surface area contributed by atoms with E-state index in [9.17, 15) is 0 Å². The van der Waals surface area contributed by atoms with Gasteiger partial charge < -0.3 is 4.74 Å². The first kappa shape index (κ1) is 12.0. The summed E-state index contributed by atoms with van der Waals surface area (Å²) >= 11 is 1.80. The summed E-state index contributed by atoms with van der Waals surface area (Å²) in [6.45, 7) is 0. The zero-order chi connectivity index (χ0) is 13.1. The highest BCUT2D eigenvalue weighted by Crippen LogP contribution is 2.24. The SMILES string of the molecule is COc1ccc(CSc2ccn3nncc3c2)cc1. The molecule has 0 aliphatic rings. The maximum absolute atomic E-state index is 5.15. The molecule has 96 valence electrons. The highest BCUT2D eigenvalue weighted by atomic mass is 32.2. The smallest absolute Gasteiger partial charge is 0.118 e. The lowest BCUT2D eigenvalue weighted by atomic mass is 10.2. The summed E-state index contributed by atoms with van der Waals surface area (Å²) in [6.07, 6.45) is 3.69. The molecule has 0 fully saturated rings. The van der Waals surface area contributed by atoms with Gasteiger partial charge in [0.25, 0.3) is 0 Å². The largest absolute Gasteiger partial charge is 0.497 e. The molecule has 3 rings (SSSR count). The maximum atomic E-state index is 5.15. The number of fused-ring (bicyclic) bond motifs is 1. The van der Waals surface area contributed by atoms with E-state index in [1.807, 2.05) is 18.3 Å². The molecule has 5 heteroatoms. The van der Waals surface area contributed by atoms with E-state index in [1.54, 1.807) is 29.6 Å². The first-order valence-corrected chi connectivity index (χ1v) is 6.89. The van der Waals surface area contributed by atoms with Crippen molar-refractivity contribution in [3.05, 3.63) is 54.4 Å². The molecule has 0 saturated heterocycles. The Balaban J connectivity index is 1.70. The van der Waals surface area contributed by atoms with Gasteiger partial charge in [0.15, 0.2) is 0 Å². The number of pyridine rings is 1. The quantitative estimate of drug-likeness (QED) is 0.684. The molecule has 0 amide bonds. The average Bonchev–Trinajstić information content (AvgIpc) is 2.93. The fourth-order valence-corrected chi connectivity index (χ4v) is 2.67. The van der Waals surface area contributed by atoms with Gasteiger partial charge in [-0.15, -0.1) is 16.9 Å². The van der Waals surface area contributed by atoms with Gasteiger partial charge in [0.2, 0.25) is 0 Å². The fraction of sp³-hybridized carbons (Fsp3) is 0.143. The van der Waals surface area contributed by atoms with Crippen molar-refractivity contribution in [3.63, 3.8) is 0 Å². The molecule has 19 heavy (non-hydrogen) atoms. The summed E-state index contributed by atoms with van der Waals surface area (Å²) in [5.74, 6) is 1.82. The summed E-state index contributed by atoms with van der Waals surface area (Å²) in [4.78, 5) is 1.21. The van der Waals surface area contributed by atoms with Crippen molar-refractivity contribution in [2.75, 3.05) is 7.11 Å². The Kier molecular flexibility index (Phi) is 3.37. The van der Waals surface area contributed by atoms with Gasteiger partial charge in [-0.2, -0.15) is 0 Å². The number of ether oxygens (including phenoxy) is 1. The van der Waals surface area contributed by atoms with Crippen molar-refractivity contribution in [3.8, 4) is 5.75 Å². The predicted octanol–water partition coefficient (Wildman–Crippen LogP) is 3.03. The van der Waals surface area contributed by atoms with Crippen LogP contribution in [0.3, 0.4) is 0 Å². The highest BCUT2D eigenvalue weighted by Gasteiger charge is 2.00. The van der Waals surface area contributed by atoms with Gasteiger partial charge in [0, 0.05) is 16.8 Å². The van der Waals surface area contributed by atoms with Crippen molar-refractivity contribution < 1.29 is 4.74 Å². The summed E-state index contributed by atoms with van der Waals surface area (Å²) in [6, 6.07) is 12.3. The number of methoxy groups -OCH3 is 1. The number of thioether (sulfide) groups is 1. The van der Waals surface area contributed by atoms with Crippen molar-refractivity contribution >= 4 is 17.3 Å². The topological polar surface area (TPSA) is 39.4 Å². The molecular weight excluding hydrogens is 258 g/mol. The first-order chi connectivity index (χ1) is 9.35. The van der Waals surface area contributed by atoms with Crippen molar-refractivity contribution in [1.29, 1.82) is 0 Å². The minimum absolute atomic E-state index is 0.889. The molecule has 1 aromatic carbocycles. The Morgan fingerprint density at radius 3 is 2.84 bits per heavy atom. The lowest BCUT2D eigenvalue weighted by Gasteiger charge is -2.04. The second-order valence-electron chi connectivity index (χ2n) is 4.10. The number of aromatic nitrogens is 3. The molecule has 0 aliphatic heterocycles.